The maximum atomic E-state index is 12.1. The van der Waals surface area contributed by atoms with Crippen molar-refractivity contribution < 1.29 is 4.79 Å². The van der Waals surface area contributed by atoms with Gasteiger partial charge in [0, 0.05) is 24.2 Å². The molecular weight excluding hydrogens is 246 g/mol. The van der Waals surface area contributed by atoms with Crippen LogP contribution in [-0.2, 0) is 0 Å². The van der Waals surface area contributed by atoms with E-state index >= 15 is 0 Å². The standard InChI is InChI=1S/C13H15N3OS/c14-5-1-2-10-8-15-6-3-12(10)13(17)16-11-4-7-18-9-11/h3,6,8,11H,4-5,7,9,14H2,(H,16,17). The van der Waals surface area contributed by atoms with E-state index in [9.17, 15) is 4.79 Å². The Hall–Kier alpha value is -1.51. The number of amides is 1. The van der Waals surface area contributed by atoms with E-state index in [0.29, 0.717) is 11.1 Å². The van der Waals surface area contributed by atoms with Gasteiger partial charge in [-0.25, -0.2) is 0 Å². The van der Waals surface area contributed by atoms with Gasteiger partial charge >= 0.3 is 0 Å². The number of hydrogen-bond acceptors (Lipinski definition) is 4. The normalized spacial score (nSPS) is 17.9. The van der Waals surface area contributed by atoms with Gasteiger partial charge in [0.2, 0.25) is 0 Å². The van der Waals surface area contributed by atoms with Crippen molar-refractivity contribution in [3.63, 3.8) is 0 Å². The van der Waals surface area contributed by atoms with E-state index in [4.69, 9.17) is 5.73 Å². The number of aromatic nitrogens is 1. The number of carbonyl (C=O) groups excluding carboxylic acids is 1. The fourth-order valence-corrected chi connectivity index (χ4v) is 2.90. The van der Waals surface area contributed by atoms with Gasteiger partial charge in [0.25, 0.3) is 5.91 Å². The van der Waals surface area contributed by atoms with E-state index in [0.717, 1.165) is 17.9 Å². The molecule has 1 aliphatic heterocycles. The Bertz CT molecular complexity index is 486. The third kappa shape index (κ3) is 3.25. The molecular formula is C13H15N3OS. The van der Waals surface area contributed by atoms with Gasteiger partial charge in [-0.1, -0.05) is 11.8 Å². The minimum atomic E-state index is -0.0776. The third-order valence-electron chi connectivity index (χ3n) is 2.66. The number of nitrogens with two attached hydrogens (primary N) is 1. The van der Waals surface area contributed by atoms with Crippen molar-refractivity contribution in [2.75, 3.05) is 18.1 Å². The number of carbonyl (C=O) groups is 1. The molecule has 5 heteroatoms. The summed E-state index contributed by atoms with van der Waals surface area (Å²) >= 11 is 1.87. The molecule has 0 radical (unpaired) electrons. The van der Waals surface area contributed by atoms with Crippen LogP contribution in [0.2, 0.25) is 0 Å². The van der Waals surface area contributed by atoms with E-state index in [1.54, 1.807) is 18.5 Å². The molecule has 1 aliphatic rings. The first-order chi connectivity index (χ1) is 8.81. The molecule has 2 heterocycles. The summed E-state index contributed by atoms with van der Waals surface area (Å²) in [6, 6.07) is 1.96. The molecule has 2 rings (SSSR count). The van der Waals surface area contributed by atoms with Crippen LogP contribution in [0.5, 0.6) is 0 Å². The lowest BCUT2D eigenvalue weighted by Crippen LogP contribution is -2.35. The van der Waals surface area contributed by atoms with Crippen LogP contribution < -0.4 is 11.1 Å². The van der Waals surface area contributed by atoms with E-state index in [1.165, 1.54) is 0 Å². The Balaban J connectivity index is 2.13. The predicted octanol–water partition coefficient (Wildman–Crippen LogP) is 0.627. The minimum Gasteiger partial charge on any atom is -0.348 e. The van der Waals surface area contributed by atoms with Gasteiger partial charge in [-0.3, -0.25) is 9.78 Å². The molecule has 94 valence electrons. The molecule has 1 aromatic heterocycles. The van der Waals surface area contributed by atoms with Crippen LogP contribution in [0.25, 0.3) is 0 Å². The van der Waals surface area contributed by atoms with Gasteiger partial charge in [-0.15, -0.1) is 0 Å². The quantitative estimate of drug-likeness (QED) is 0.766. The summed E-state index contributed by atoms with van der Waals surface area (Å²) in [5.41, 5.74) is 6.54. The van der Waals surface area contributed by atoms with Gasteiger partial charge in [0.15, 0.2) is 0 Å². The van der Waals surface area contributed by atoms with Crippen molar-refractivity contribution in [3.8, 4) is 11.8 Å². The van der Waals surface area contributed by atoms with Crippen molar-refractivity contribution in [2.24, 2.45) is 5.73 Å². The second-order valence-electron chi connectivity index (χ2n) is 3.96. The molecule has 1 saturated heterocycles. The molecule has 0 bridgehead atoms. The summed E-state index contributed by atoms with van der Waals surface area (Å²) in [5.74, 6) is 7.64. The van der Waals surface area contributed by atoms with Crippen molar-refractivity contribution >= 4 is 17.7 Å². The van der Waals surface area contributed by atoms with Crippen LogP contribution >= 0.6 is 11.8 Å². The lowest BCUT2D eigenvalue weighted by Gasteiger charge is -2.11. The molecule has 1 aromatic rings. The molecule has 0 aliphatic carbocycles. The Morgan fingerprint density at radius 1 is 1.67 bits per heavy atom. The topological polar surface area (TPSA) is 68.0 Å². The van der Waals surface area contributed by atoms with Crippen LogP contribution in [0, 0.1) is 11.8 Å². The Morgan fingerprint density at radius 3 is 3.28 bits per heavy atom. The Labute approximate surface area is 111 Å². The van der Waals surface area contributed by atoms with Crippen molar-refractivity contribution in [1.29, 1.82) is 0 Å². The fraction of sp³-hybridized carbons (Fsp3) is 0.385. The summed E-state index contributed by atoms with van der Waals surface area (Å²) in [5, 5.41) is 3.03. The van der Waals surface area contributed by atoms with Gasteiger partial charge in [-0.05, 0) is 18.2 Å². The molecule has 18 heavy (non-hydrogen) atoms. The molecule has 4 nitrogen and oxygen atoms in total. The number of hydrogen-bond donors (Lipinski definition) is 2. The average Bonchev–Trinajstić information content (AvgIpc) is 2.89. The molecule has 0 aromatic carbocycles. The third-order valence-corrected chi connectivity index (χ3v) is 3.82. The molecule has 1 fully saturated rings. The van der Waals surface area contributed by atoms with E-state index in [2.05, 4.69) is 22.1 Å². The Kier molecular flexibility index (Phi) is 4.62. The largest absolute Gasteiger partial charge is 0.348 e. The predicted molar refractivity (Wildman–Crippen MR) is 73.4 cm³/mol. The minimum absolute atomic E-state index is 0.0776. The van der Waals surface area contributed by atoms with E-state index in [-0.39, 0.29) is 18.5 Å². The van der Waals surface area contributed by atoms with Crippen LogP contribution in [0.4, 0.5) is 0 Å². The Morgan fingerprint density at radius 2 is 2.56 bits per heavy atom. The second-order valence-corrected chi connectivity index (χ2v) is 5.11. The second kappa shape index (κ2) is 6.43. The zero-order chi connectivity index (χ0) is 12.8. The van der Waals surface area contributed by atoms with Gasteiger partial charge in [0.1, 0.15) is 0 Å². The first-order valence-corrected chi connectivity index (χ1v) is 6.98. The summed E-state index contributed by atoms with van der Waals surface area (Å²) < 4.78 is 0. The lowest BCUT2D eigenvalue weighted by atomic mass is 10.1. The highest BCUT2D eigenvalue weighted by Crippen LogP contribution is 2.17. The molecule has 1 amide bonds. The van der Waals surface area contributed by atoms with Crippen LogP contribution in [-0.4, -0.2) is 35.0 Å². The van der Waals surface area contributed by atoms with Crippen LogP contribution in [0.15, 0.2) is 18.5 Å². The summed E-state index contributed by atoms with van der Waals surface area (Å²) in [4.78, 5) is 16.1. The number of thioether (sulfide) groups is 1. The summed E-state index contributed by atoms with van der Waals surface area (Å²) in [7, 11) is 0. The first kappa shape index (κ1) is 12.9. The highest BCUT2D eigenvalue weighted by atomic mass is 32.2. The van der Waals surface area contributed by atoms with Crippen LogP contribution in [0.3, 0.4) is 0 Å². The molecule has 1 unspecified atom stereocenters. The average molecular weight is 261 g/mol. The zero-order valence-corrected chi connectivity index (χ0v) is 10.8. The fourth-order valence-electron chi connectivity index (χ4n) is 1.75. The van der Waals surface area contributed by atoms with Gasteiger partial charge < -0.3 is 11.1 Å². The maximum absolute atomic E-state index is 12.1. The van der Waals surface area contributed by atoms with E-state index in [1.807, 2.05) is 11.8 Å². The zero-order valence-electron chi connectivity index (χ0n) is 9.98. The summed E-state index contributed by atoms with van der Waals surface area (Å²) in [6.07, 6.45) is 4.23. The number of nitrogens with zero attached hydrogens (tertiary/aromatic N) is 1. The molecule has 3 N–H and O–H groups in total. The van der Waals surface area contributed by atoms with E-state index < -0.39 is 0 Å². The van der Waals surface area contributed by atoms with Crippen molar-refractivity contribution in [1.82, 2.24) is 10.3 Å². The number of rotatable bonds is 2. The first-order valence-electron chi connectivity index (χ1n) is 5.83. The molecule has 0 saturated carbocycles. The van der Waals surface area contributed by atoms with Crippen LogP contribution in [0.1, 0.15) is 22.3 Å². The van der Waals surface area contributed by atoms with Crippen molar-refractivity contribution in [3.05, 3.63) is 29.6 Å². The maximum Gasteiger partial charge on any atom is 0.252 e. The highest BCUT2D eigenvalue weighted by Gasteiger charge is 2.19. The molecule has 1 atom stereocenters. The SMILES string of the molecule is NCC#Cc1cnccc1C(=O)NC1CCSC1. The molecule has 0 spiro atoms. The number of pyridine rings is 1. The van der Waals surface area contributed by atoms with Gasteiger partial charge in [0.05, 0.1) is 17.7 Å². The smallest absolute Gasteiger partial charge is 0.252 e. The van der Waals surface area contributed by atoms with Crippen molar-refractivity contribution in [2.45, 2.75) is 12.5 Å². The monoisotopic (exact) mass is 261 g/mol. The lowest BCUT2D eigenvalue weighted by molar-refractivity contribution is 0.0941. The van der Waals surface area contributed by atoms with Gasteiger partial charge in [-0.2, -0.15) is 11.8 Å². The number of nitrogens with one attached hydrogen (secondary N) is 1. The summed E-state index contributed by atoms with van der Waals surface area (Å²) in [6.45, 7) is 0.273. The highest BCUT2D eigenvalue weighted by molar-refractivity contribution is 7.99.